The van der Waals surface area contributed by atoms with Gasteiger partial charge in [-0.05, 0) is 48.7 Å². The summed E-state index contributed by atoms with van der Waals surface area (Å²) >= 11 is 0.990. The molecule has 0 saturated carbocycles. The molecule has 168 valence electrons. The van der Waals surface area contributed by atoms with Crippen LogP contribution < -0.4 is 21.1 Å². The van der Waals surface area contributed by atoms with E-state index in [1.54, 1.807) is 36.4 Å². The van der Waals surface area contributed by atoms with Crippen LogP contribution in [0.3, 0.4) is 0 Å². The molecule has 0 radical (unpaired) electrons. The third kappa shape index (κ3) is 6.32. The summed E-state index contributed by atoms with van der Waals surface area (Å²) in [4.78, 5) is 46.1. The molecule has 3 atom stereocenters. The van der Waals surface area contributed by atoms with Crippen LogP contribution in [0.15, 0.2) is 48.5 Å². The first-order valence-electron chi connectivity index (χ1n) is 9.87. The second-order valence-electron chi connectivity index (χ2n) is 7.37. The van der Waals surface area contributed by atoms with Crippen LogP contribution in [0.4, 0.5) is 4.79 Å². The van der Waals surface area contributed by atoms with Gasteiger partial charge in [0.15, 0.2) is 0 Å². The summed E-state index contributed by atoms with van der Waals surface area (Å²) in [6, 6.07) is 12.2. The van der Waals surface area contributed by atoms with Gasteiger partial charge >= 0.3 is 5.97 Å². The highest BCUT2D eigenvalue weighted by atomic mass is 32.2. The molecule has 1 aliphatic heterocycles. The van der Waals surface area contributed by atoms with Crippen molar-refractivity contribution < 1.29 is 29.0 Å². The van der Waals surface area contributed by atoms with Crippen LogP contribution >= 0.6 is 11.8 Å². The van der Waals surface area contributed by atoms with Gasteiger partial charge in [-0.3, -0.25) is 19.7 Å². The standard InChI is InChI=1S/C22H23N3O6S/c1-12(23)19(26)24-17(21(28)29)10-13-2-6-15(7-3-13)31-16-8-4-14(5-9-16)11-18-20(27)25-22(30)32-18/h2-9,12,17-18H,10-11,23H2,1H3,(H,24,26)(H,28,29)(H,25,27,30). The first-order valence-corrected chi connectivity index (χ1v) is 10.7. The number of thioether (sulfide) groups is 1. The first-order chi connectivity index (χ1) is 15.2. The zero-order valence-corrected chi connectivity index (χ0v) is 18.1. The minimum absolute atomic E-state index is 0.109. The van der Waals surface area contributed by atoms with Crippen molar-refractivity contribution in [2.24, 2.45) is 5.73 Å². The van der Waals surface area contributed by atoms with Gasteiger partial charge in [0.2, 0.25) is 11.8 Å². The fourth-order valence-corrected chi connectivity index (χ4v) is 3.86. The number of hydrogen-bond donors (Lipinski definition) is 4. The summed E-state index contributed by atoms with van der Waals surface area (Å²) in [5, 5.41) is 13.3. The van der Waals surface area contributed by atoms with E-state index >= 15 is 0 Å². The van der Waals surface area contributed by atoms with E-state index in [1.165, 1.54) is 6.92 Å². The minimum atomic E-state index is -1.14. The fourth-order valence-electron chi connectivity index (χ4n) is 3.00. The maximum absolute atomic E-state index is 11.7. The summed E-state index contributed by atoms with van der Waals surface area (Å²) in [6.45, 7) is 1.48. The lowest BCUT2D eigenvalue weighted by atomic mass is 10.1. The molecule has 9 nitrogen and oxygen atoms in total. The number of ether oxygens (including phenoxy) is 1. The van der Waals surface area contributed by atoms with Crippen LogP contribution in [-0.2, 0) is 27.2 Å². The zero-order chi connectivity index (χ0) is 23.3. The average Bonchev–Trinajstić information content (AvgIpc) is 3.06. The van der Waals surface area contributed by atoms with Gasteiger partial charge in [-0.25, -0.2) is 4.79 Å². The van der Waals surface area contributed by atoms with Gasteiger partial charge in [-0.2, -0.15) is 0 Å². The van der Waals surface area contributed by atoms with Crippen LogP contribution in [0.5, 0.6) is 11.5 Å². The molecule has 0 aliphatic carbocycles. The van der Waals surface area contributed by atoms with Crippen LogP contribution in [0.1, 0.15) is 18.1 Å². The van der Waals surface area contributed by atoms with Crippen LogP contribution in [0, 0.1) is 0 Å². The quantitative estimate of drug-likeness (QED) is 0.446. The number of rotatable bonds is 9. The monoisotopic (exact) mass is 457 g/mol. The molecule has 1 fully saturated rings. The van der Waals surface area contributed by atoms with Gasteiger partial charge < -0.3 is 20.9 Å². The third-order valence-electron chi connectivity index (χ3n) is 4.74. The van der Waals surface area contributed by atoms with Gasteiger partial charge in [0, 0.05) is 6.42 Å². The van der Waals surface area contributed by atoms with E-state index in [-0.39, 0.29) is 17.6 Å². The smallest absolute Gasteiger partial charge is 0.326 e. The molecular weight excluding hydrogens is 434 g/mol. The number of carbonyl (C=O) groups excluding carboxylic acids is 3. The van der Waals surface area contributed by atoms with E-state index in [1.807, 2.05) is 12.1 Å². The van der Waals surface area contributed by atoms with Crippen molar-refractivity contribution in [1.82, 2.24) is 10.6 Å². The second kappa shape index (κ2) is 10.3. The van der Waals surface area contributed by atoms with Crippen molar-refractivity contribution in [3.8, 4) is 11.5 Å². The summed E-state index contributed by atoms with van der Waals surface area (Å²) in [7, 11) is 0. The van der Waals surface area contributed by atoms with Crippen molar-refractivity contribution >= 4 is 34.8 Å². The molecule has 0 bridgehead atoms. The highest BCUT2D eigenvalue weighted by Gasteiger charge is 2.31. The Morgan fingerprint density at radius 3 is 2.12 bits per heavy atom. The Morgan fingerprint density at radius 2 is 1.66 bits per heavy atom. The van der Waals surface area contributed by atoms with Crippen LogP contribution in [0.2, 0.25) is 0 Å². The van der Waals surface area contributed by atoms with E-state index in [0.29, 0.717) is 23.5 Å². The van der Waals surface area contributed by atoms with Gasteiger partial charge in [-0.1, -0.05) is 36.0 Å². The molecule has 5 N–H and O–H groups in total. The van der Waals surface area contributed by atoms with Gasteiger partial charge in [0.1, 0.15) is 17.5 Å². The van der Waals surface area contributed by atoms with Crippen molar-refractivity contribution in [1.29, 1.82) is 0 Å². The molecule has 0 aromatic heterocycles. The lowest BCUT2D eigenvalue weighted by molar-refractivity contribution is -0.141. The third-order valence-corrected chi connectivity index (χ3v) is 5.72. The van der Waals surface area contributed by atoms with Gasteiger partial charge in [-0.15, -0.1) is 0 Å². The normalized spacial score (nSPS) is 17.4. The van der Waals surface area contributed by atoms with Crippen molar-refractivity contribution in [3.63, 3.8) is 0 Å². The second-order valence-corrected chi connectivity index (χ2v) is 8.55. The predicted molar refractivity (Wildman–Crippen MR) is 118 cm³/mol. The van der Waals surface area contributed by atoms with E-state index in [0.717, 1.165) is 17.3 Å². The Labute approximate surface area is 188 Å². The Kier molecular flexibility index (Phi) is 7.49. The molecule has 3 unspecified atom stereocenters. The minimum Gasteiger partial charge on any atom is -0.480 e. The average molecular weight is 458 g/mol. The zero-order valence-electron chi connectivity index (χ0n) is 17.2. The van der Waals surface area contributed by atoms with E-state index < -0.39 is 29.2 Å². The Balaban J connectivity index is 1.57. The van der Waals surface area contributed by atoms with E-state index in [4.69, 9.17) is 10.5 Å². The number of imide groups is 1. The number of nitrogens with one attached hydrogen (secondary N) is 2. The van der Waals surface area contributed by atoms with E-state index in [2.05, 4.69) is 10.6 Å². The largest absolute Gasteiger partial charge is 0.480 e. The molecule has 1 aliphatic rings. The lowest BCUT2D eigenvalue weighted by Gasteiger charge is -2.16. The molecule has 2 aromatic rings. The maximum atomic E-state index is 11.7. The van der Waals surface area contributed by atoms with Crippen LogP contribution in [-0.4, -0.2) is 45.5 Å². The molecule has 1 heterocycles. The lowest BCUT2D eigenvalue weighted by Crippen LogP contribution is -2.48. The topological polar surface area (TPSA) is 148 Å². The molecule has 1 saturated heterocycles. The Bertz CT molecular complexity index is 1010. The summed E-state index contributed by atoms with van der Waals surface area (Å²) in [6.07, 6.45) is 0.555. The maximum Gasteiger partial charge on any atom is 0.326 e. The van der Waals surface area contributed by atoms with Crippen molar-refractivity contribution in [3.05, 3.63) is 59.7 Å². The predicted octanol–water partition coefficient (Wildman–Crippen LogP) is 1.83. The number of carbonyl (C=O) groups is 4. The number of amides is 3. The number of aliphatic carboxylic acids is 1. The van der Waals surface area contributed by atoms with Crippen molar-refractivity contribution in [2.45, 2.75) is 37.1 Å². The van der Waals surface area contributed by atoms with Crippen molar-refractivity contribution in [2.75, 3.05) is 0 Å². The molecule has 3 rings (SSSR count). The number of carboxylic acids is 1. The number of nitrogens with two attached hydrogens (primary N) is 1. The molecule has 10 heteroatoms. The molecule has 3 amide bonds. The molecular formula is C22H23N3O6S. The van der Waals surface area contributed by atoms with Crippen LogP contribution in [0.25, 0.3) is 0 Å². The summed E-state index contributed by atoms with van der Waals surface area (Å²) < 4.78 is 5.80. The first kappa shape index (κ1) is 23.3. The fraction of sp³-hybridized carbons (Fsp3) is 0.273. The summed E-state index contributed by atoms with van der Waals surface area (Å²) in [5.41, 5.74) is 7.10. The molecule has 32 heavy (non-hydrogen) atoms. The number of benzene rings is 2. The highest BCUT2D eigenvalue weighted by Crippen LogP contribution is 2.26. The number of carboxylic acid groups (broad SMARTS) is 1. The SMILES string of the molecule is CC(N)C(=O)NC(Cc1ccc(Oc2ccc(CC3SC(=O)NC3=O)cc2)cc1)C(=O)O. The Morgan fingerprint density at radius 1 is 1.09 bits per heavy atom. The number of hydrogen-bond acceptors (Lipinski definition) is 7. The summed E-state index contributed by atoms with van der Waals surface area (Å²) in [5.74, 6) is -0.794. The van der Waals surface area contributed by atoms with Gasteiger partial charge in [0.05, 0.1) is 11.3 Å². The van der Waals surface area contributed by atoms with E-state index in [9.17, 15) is 24.3 Å². The molecule has 2 aromatic carbocycles. The molecule has 0 spiro atoms. The Hall–Kier alpha value is -3.37. The van der Waals surface area contributed by atoms with Gasteiger partial charge in [0.25, 0.3) is 5.24 Å². The highest BCUT2D eigenvalue weighted by molar-refractivity contribution is 8.15.